The van der Waals surface area contributed by atoms with Crippen molar-refractivity contribution in [2.45, 2.75) is 6.54 Å². The van der Waals surface area contributed by atoms with Gasteiger partial charge >= 0.3 is 11.6 Å². The largest absolute Gasteiger partial charge is 0.454 e. The van der Waals surface area contributed by atoms with Crippen LogP contribution in [0.15, 0.2) is 42.7 Å². The number of hydrogen-bond donors (Lipinski definition) is 0. The van der Waals surface area contributed by atoms with Gasteiger partial charge in [-0.05, 0) is 29.8 Å². The summed E-state index contributed by atoms with van der Waals surface area (Å²) in [4.78, 5) is 23.4. The van der Waals surface area contributed by atoms with Gasteiger partial charge in [0, 0.05) is 38.8 Å². The lowest BCUT2D eigenvalue weighted by Gasteiger charge is -2.35. The van der Waals surface area contributed by atoms with E-state index in [9.17, 15) is 14.5 Å². The Bertz CT molecular complexity index is 1320. The zero-order chi connectivity index (χ0) is 24.4. The van der Waals surface area contributed by atoms with Crippen molar-refractivity contribution >= 4 is 11.5 Å². The first-order valence-corrected chi connectivity index (χ1v) is 10.7. The standard InChI is InChI=1S/C23H19FN6O5/c24-18-10-17(3-2-16(18)11-25)35-23-21(30(31)32)22(26-13-27-23)29-7-5-28(6-8-29)12-15-1-4-19-20(9-15)34-14-33-19/h1-4,9-10,13H,5-8,12,14H2. The Labute approximate surface area is 199 Å². The van der Waals surface area contributed by atoms with E-state index in [1.54, 1.807) is 6.07 Å². The number of hydrogen-bond acceptors (Lipinski definition) is 10. The second-order valence-electron chi connectivity index (χ2n) is 7.91. The molecule has 1 saturated heterocycles. The Hall–Kier alpha value is -4.50. The molecule has 35 heavy (non-hydrogen) atoms. The Balaban J connectivity index is 1.30. The molecule has 0 unspecified atom stereocenters. The van der Waals surface area contributed by atoms with Crippen LogP contribution in [0.5, 0.6) is 23.1 Å². The summed E-state index contributed by atoms with van der Waals surface area (Å²) in [5.41, 5.74) is 0.524. The van der Waals surface area contributed by atoms with Gasteiger partial charge in [0.1, 0.15) is 24.0 Å². The van der Waals surface area contributed by atoms with Crippen molar-refractivity contribution in [1.82, 2.24) is 14.9 Å². The molecule has 0 aliphatic carbocycles. The maximum atomic E-state index is 13.9. The van der Waals surface area contributed by atoms with E-state index in [4.69, 9.17) is 19.5 Å². The van der Waals surface area contributed by atoms with Crippen LogP contribution in [0.1, 0.15) is 11.1 Å². The molecule has 3 heterocycles. The van der Waals surface area contributed by atoms with Crippen LogP contribution in [0.25, 0.3) is 0 Å². The highest BCUT2D eigenvalue weighted by Gasteiger charge is 2.31. The maximum absolute atomic E-state index is 13.9. The Kier molecular flexibility index (Phi) is 5.99. The third-order valence-corrected chi connectivity index (χ3v) is 5.74. The van der Waals surface area contributed by atoms with Gasteiger partial charge in [0.05, 0.1) is 10.5 Å². The van der Waals surface area contributed by atoms with Crippen LogP contribution >= 0.6 is 0 Å². The highest BCUT2D eigenvalue weighted by molar-refractivity contribution is 5.63. The molecule has 1 fully saturated rings. The lowest BCUT2D eigenvalue weighted by atomic mass is 10.1. The van der Waals surface area contributed by atoms with Crippen LogP contribution in [0.2, 0.25) is 0 Å². The topological polar surface area (TPSA) is 127 Å². The summed E-state index contributed by atoms with van der Waals surface area (Å²) < 4.78 is 30.2. The van der Waals surface area contributed by atoms with Gasteiger partial charge in [0.25, 0.3) is 0 Å². The van der Waals surface area contributed by atoms with Crippen LogP contribution in [0.3, 0.4) is 0 Å². The minimum atomic E-state index is -0.791. The number of ether oxygens (including phenoxy) is 3. The van der Waals surface area contributed by atoms with E-state index in [0.29, 0.717) is 32.7 Å². The zero-order valence-electron chi connectivity index (χ0n) is 18.4. The Morgan fingerprint density at radius 1 is 1.11 bits per heavy atom. The molecule has 0 N–H and O–H groups in total. The average molecular weight is 478 g/mol. The second-order valence-corrected chi connectivity index (χ2v) is 7.91. The van der Waals surface area contributed by atoms with Gasteiger partial charge in [0.2, 0.25) is 12.6 Å². The van der Waals surface area contributed by atoms with E-state index in [0.717, 1.165) is 23.1 Å². The van der Waals surface area contributed by atoms with Crippen molar-refractivity contribution in [2.75, 3.05) is 37.9 Å². The highest BCUT2D eigenvalue weighted by Crippen LogP contribution is 2.37. The van der Waals surface area contributed by atoms with Crippen molar-refractivity contribution in [3.05, 3.63) is 69.8 Å². The van der Waals surface area contributed by atoms with E-state index in [1.165, 1.54) is 18.5 Å². The van der Waals surface area contributed by atoms with Crippen molar-refractivity contribution in [1.29, 1.82) is 5.26 Å². The highest BCUT2D eigenvalue weighted by atomic mass is 19.1. The third kappa shape index (κ3) is 4.62. The number of nitrogens with zero attached hydrogens (tertiary/aromatic N) is 6. The van der Waals surface area contributed by atoms with Crippen LogP contribution in [-0.4, -0.2) is 52.8 Å². The Morgan fingerprint density at radius 2 is 1.91 bits per heavy atom. The number of benzene rings is 2. The number of aromatic nitrogens is 2. The molecule has 178 valence electrons. The summed E-state index contributed by atoms with van der Waals surface area (Å²) in [6.07, 6.45) is 1.18. The van der Waals surface area contributed by atoms with Gasteiger partial charge < -0.3 is 19.1 Å². The van der Waals surface area contributed by atoms with Gasteiger partial charge in [-0.2, -0.15) is 10.2 Å². The molecule has 0 atom stereocenters. The molecule has 12 heteroatoms. The van der Waals surface area contributed by atoms with Crippen LogP contribution in [0.4, 0.5) is 15.9 Å². The van der Waals surface area contributed by atoms with Crippen molar-refractivity contribution in [3.63, 3.8) is 0 Å². The first-order chi connectivity index (χ1) is 17.0. The monoisotopic (exact) mass is 478 g/mol. The molecular weight excluding hydrogens is 459 g/mol. The van der Waals surface area contributed by atoms with E-state index in [2.05, 4.69) is 14.9 Å². The van der Waals surface area contributed by atoms with E-state index in [1.807, 2.05) is 23.1 Å². The van der Waals surface area contributed by atoms with Gasteiger partial charge in [-0.15, -0.1) is 0 Å². The first-order valence-electron chi connectivity index (χ1n) is 10.7. The smallest absolute Gasteiger partial charge is 0.373 e. The normalized spacial score (nSPS) is 15.0. The summed E-state index contributed by atoms with van der Waals surface area (Å²) in [5, 5.41) is 20.8. The van der Waals surface area contributed by atoms with E-state index >= 15 is 0 Å². The molecule has 0 bridgehead atoms. The molecule has 5 rings (SSSR count). The molecule has 2 aliphatic heterocycles. The van der Waals surface area contributed by atoms with E-state index in [-0.39, 0.29) is 29.8 Å². The minimum Gasteiger partial charge on any atom is -0.454 e. The fourth-order valence-corrected chi connectivity index (χ4v) is 4.00. The number of rotatable bonds is 6. The number of piperazine rings is 1. The molecule has 2 aromatic carbocycles. The predicted molar refractivity (Wildman–Crippen MR) is 120 cm³/mol. The summed E-state index contributed by atoms with van der Waals surface area (Å²) in [5.74, 6) is 0.496. The summed E-state index contributed by atoms with van der Waals surface area (Å²) in [7, 11) is 0. The van der Waals surface area contributed by atoms with Gasteiger partial charge in [0.15, 0.2) is 11.5 Å². The van der Waals surface area contributed by atoms with Crippen LogP contribution in [0, 0.1) is 27.3 Å². The number of anilines is 1. The average Bonchev–Trinajstić information content (AvgIpc) is 3.32. The summed E-state index contributed by atoms with van der Waals surface area (Å²) in [6, 6.07) is 11.1. The lowest BCUT2D eigenvalue weighted by molar-refractivity contribution is -0.385. The summed E-state index contributed by atoms with van der Waals surface area (Å²) in [6.45, 7) is 3.26. The SMILES string of the molecule is N#Cc1ccc(Oc2ncnc(N3CCN(Cc4ccc5c(c4)OCO5)CC3)c2[N+](=O)[O-])cc1F. The molecule has 0 radical (unpaired) electrons. The summed E-state index contributed by atoms with van der Waals surface area (Å²) >= 11 is 0. The molecule has 1 aromatic heterocycles. The van der Waals surface area contributed by atoms with Gasteiger partial charge in [-0.1, -0.05) is 6.07 Å². The maximum Gasteiger partial charge on any atom is 0.373 e. The van der Waals surface area contributed by atoms with Gasteiger partial charge in [-0.25, -0.2) is 9.37 Å². The molecule has 11 nitrogen and oxygen atoms in total. The molecule has 3 aromatic rings. The third-order valence-electron chi connectivity index (χ3n) is 5.74. The van der Waals surface area contributed by atoms with Crippen molar-refractivity contribution in [2.24, 2.45) is 0 Å². The minimum absolute atomic E-state index is 0.0113. The van der Waals surface area contributed by atoms with Gasteiger partial charge in [-0.3, -0.25) is 15.0 Å². The van der Waals surface area contributed by atoms with Crippen molar-refractivity contribution in [3.8, 4) is 29.2 Å². The molecule has 2 aliphatic rings. The quantitative estimate of drug-likeness (QED) is 0.385. The Morgan fingerprint density at radius 3 is 2.66 bits per heavy atom. The molecule has 0 amide bonds. The molecule has 0 spiro atoms. The number of nitro groups is 1. The second kappa shape index (κ2) is 9.40. The molecule has 0 saturated carbocycles. The first kappa shape index (κ1) is 22.3. The van der Waals surface area contributed by atoms with Crippen LogP contribution < -0.4 is 19.1 Å². The molecular formula is C23H19FN6O5. The predicted octanol–water partition coefficient (Wildman–Crippen LogP) is 3.24. The number of halogens is 1. The number of nitriles is 1. The van der Waals surface area contributed by atoms with E-state index < -0.39 is 16.4 Å². The van der Waals surface area contributed by atoms with Crippen molar-refractivity contribution < 1.29 is 23.5 Å². The van der Waals surface area contributed by atoms with Crippen LogP contribution in [-0.2, 0) is 6.54 Å². The fraction of sp³-hybridized carbons (Fsp3) is 0.261. The zero-order valence-corrected chi connectivity index (χ0v) is 18.4. The number of fused-ring (bicyclic) bond motifs is 1. The fourth-order valence-electron chi connectivity index (χ4n) is 4.00. The lowest BCUT2D eigenvalue weighted by Crippen LogP contribution is -2.46.